The Kier molecular flexibility index (Phi) is 5.83. The van der Waals surface area contributed by atoms with E-state index in [-0.39, 0.29) is 10.7 Å². The molecule has 0 aliphatic heterocycles. The van der Waals surface area contributed by atoms with E-state index in [1.807, 2.05) is 36.4 Å². The molecule has 8 heteroatoms. The number of ketones is 1. The van der Waals surface area contributed by atoms with Gasteiger partial charge < -0.3 is 0 Å². The second kappa shape index (κ2) is 8.42. The number of halogens is 1. The average Bonchev–Trinajstić information content (AvgIpc) is 3.40. The number of hydrogen-bond donors (Lipinski definition) is 0. The molecule has 0 bridgehead atoms. The predicted molar refractivity (Wildman–Crippen MR) is 125 cm³/mol. The van der Waals surface area contributed by atoms with Crippen molar-refractivity contribution in [1.82, 2.24) is 9.78 Å². The van der Waals surface area contributed by atoms with Gasteiger partial charge in [-0.05, 0) is 48.0 Å². The number of benzene rings is 2. The van der Waals surface area contributed by atoms with Crippen molar-refractivity contribution < 1.29 is 13.2 Å². The number of rotatable bonds is 6. The molecule has 0 aliphatic rings. The summed E-state index contributed by atoms with van der Waals surface area (Å²) in [5, 5.41) is 5.05. The summed E-state index contributed by atoms with van der Waals surface area (Å²) in [4.78, 5) is 14.4. The Hall–Kier alpha value is -2.74. The Labute approximate surface area is 189 Å². The lowest BCUT2D eigenvalue weighted by Crippen LogP contribution is -2.02. The van der Waals surface area contributed by atoms with E-state index >= 15 is 0 Å². The fourth-order valence-corrected chi connectivity index (χ4v) is 5.08. The van der Waals surface area contributed by atoms with E-state index in [2.05, 4.69) is 5.10 Å². The molecule has 0 radical (unpaired) electrons. The summed E-state index contributed by atoms with van der Waals surface area (Å²) in [6.07, 6.45) is 1.55. The third-order valence-corrected chi connectivity index (χ3v) is 7.39. The largest absolute Gasteiger partial charge is 0.292 e. The monoisotopic (exact) mass is 470 g/mol. The van der Waals surface area contributed by atoms with Gasteiger partial charge in [0.2, 0.25) is 0 Å². The second-order valence-electron chi connectivity index (χ2n) is 7.02. The Morgan fingerprint density at radius 2 is 1.77 bits per heavy atom. The van der Waals surface area contributed by atoms with E-state index in [0.29, 0.717) is 22.8 Å². The van der Waals surface area contributed by atoms with Crippen molar-refractivity contribution in [3.8, 4) is 26.7 Å². The zero-order valence-electron chi connectivity index (χ0n) is 16.9. The van der Waals surface area contributed by atoms with Crippen LogP contribution in [0.2, 0.25) is 5.02 Å². The number of nitrogens with zero attached hydrogens (tertiary/aromatic N) is 2. The number of carbonyl (C=O) groups is 1. The highest BCUT2D eigenvalue weighted by molar-refractivity contribution is 7.90. The van der Waals surface area contributed by atoms with Crippen molar-refractivity contribution in [2.24, 2.45) is 0 Å². The van der Waals surface area contributed by atoms with E-state index < -0.39 is 9.84 Å². The Morgan fingerprint density at radius 3 is 2.48 bits per heavy atom. The number of sulfone groups is 1. The van der Waals surface area contributed by atoms with Gasteiger partial charge in [0.25, 0.3) is 0 Å². The summed E-state index contributed by atoms with van der Waals surface area (Å²) in [5.74, 6) is -0.0512. The predicted octanol–water partition coefficient (Wildman–Crippen LogP) is 5.92. The first-order valence-electron chi connectivity index (χ1n) is 9.57. The lowest BCUT2D eigenvalue weighted by molar-refractivity contribution is 0.0983. The minimum atomic E-state index is -3.30. The van der Waals surface area contributed by atoms with E-state index in [1.54, 1.807) is 41.9 Å². The van der Waals surface area contributed by atoms with Crippen LogP contribution in [0.15, 0.2) is 71.6 Å². The quantitative estimate of drug-likeness (QED) is 0.328. The average molecular weight is 471 g/mol. The zero-order chi connectivity index (χ0) is 22.2. The molecule has 5 nitrogen and oxygen atoms in total. The summed E-state index contributed by atoms with van der Waals surface area (Å²) < 4.78 is 25.5. The van der Waals surface area contributed by atoms with Crippen LogP contribution in [-0.4, -0.2) is 30.2 Å². The van der Waals surface area contributed by atoms with Crippen molar-refractivity contribution in [1.29, 1.82) is 0 Å². The number of thiophene rings is 1. The standard InChI is InChI=1S/C23H19ClN2O3S2/c1-3-21(27)18-14-20(26(25-18)19-10-5-4-9-17(19)24)23-12-11-22(30-23)15-7-6-8-16(13-15)31(2,28)29/h4-14H,3H2,1-2H3. The van der Waals surface area contributed by atoms with Crippen LogP contribution in [-0.2, 0) is 9.84 Å². The minimum absolute atomic E-state index is 0.0512. The molecule has 0 amide bonds. The first-order valence-corrected chi connectivity index (χ1v) is 12.7. The number of aromatic nitrogens is 2. The molecule has 2 heterocycles. The topological polar surface area (TPSA) is 69.0 Å². The van der Waals surface area contributed by atoms with Crippen molar-refractivity contribution in [2.75, 3.05) is 6.26 Å². The van der Waals surface area contributed by atoms with E-state index in [4.69, 9.17) is 11.6 Å². The molecule has 158 valence electrons. The van der Waals surface area contributed by atoms with Crippen LogP contribution in [0.1, 0.15) is 23.8 Å². The lowest BCUT2D eigenvalue weighted by atomic mass is 10.2. The summed E-state index contributed by atoms with van der Waals surface area (Å²) in [6, 6.07) is 19.9. The van der Waals surface area contributed by atoms with Gasteiger partial charge in [-0.3, -0.25) is 4.79 Å². The number of hydrogen-bond acceptors (Lipinski definition) is 5. The molecule has 0 saturated heterocycles. The van der Waals surface area contributed by atoms with Gasteiger partial charge in [0, 0.05) is 17.6 Å². The van der Waals surface area contributed by atoms with Crippen LogP contribution in [0.25, 0.3) is 26.7 Å². The Balaban J connectivity index is 1.83. The lowest BCUT2D eigenvalue weighted by Gasteiger charge is -2.08. The van der Waals surface area contributed by atoms with Gasteiger partial charge in [-0.2, -0.15) is 5.10 Å². The van der Waals surface area contributed by atoms with Gasteiger partial charge in [0.1, 0.15) is 5.69 Å². The Morgan fingerprint density at radius 1 is 1.03 bits per heavy atom. The number of carbonyl (C=O) groups excluding carboxylic acids is 1. The molecule has 0 saturated carbocycles. The molecule has 0 unspecified atom stereocenters. The van der Waals surface area contributed by atoms with E-state index in [0.717, 1.165) is 21.0 Å². The molecule has 4 rings (SSSR count). The van der Waals surface area contributed by atoms with Crippen LogP contribution in [0.3, 0.4) is 0 Å². The second-order valence-corrected chi connectivity index (χ2v) is 10.5. The fraction of sp³-hybridized carbons (Fsp3) is 0.130. The smallest absolute Gasteiger partial charge is 0.182 e. The molecule has 0 atom stereocenters. The molecule has 0 spiro atoms. The highest BCUT2D eigenvalue weighted by atomic mass is 35.5. The van der Waals surface area contributed by atoms with Crippen molar-refractivity contribution in [2.45, 2.75) is 18.2 Å². The van der Waals surface area contributed by atoms with Crippen molar-refractivity contribution >= 4 is 38.6 Å². The SMILES string of the molecule is CCC(=O)c1cc(-c2ccc(-c3cccc(S(C)(=O)=O)c3)s2)n(-c2ccccc2Cl)n1. The molecule has 0 N–H and O–H groups in total. The maximum absolute atomic E-state index is 12.3. The van der Waals surface area contributed by atoms with Gasteiger partial charge in [-0.15, -0.1) is 11.3 Å². The number of Topliss-reactive ketones (excluding diaryl/α,β-unsaturated/α-hetero) is 1. The van der Waals surface area contributed by atoms with Crippen LogP contribution in [0.5, 0.6) is 0 Å². The molecule has 0 fully saturated rings. The van der Waals surface area contributed by atoms with Crippen LogP contribution in [0, 0.1) is 0 Å². The molecular formula is C23H19ClN2O3S2. The first kappa shape index (κ1) is 21.5. The summed E-state index contributed by atoms with van der Waals surface area (Å²) >= 11 is 7.90. The first-order chi connectivity index (χ1) is 14.8. The van der Waals surface area contributed by atoms with Crippen molar-refractivity contribution in [3.05, 3.63) is 77.4 Å². The van der Waals surface area contributed by atoms with Crippen LogP contribution in [0.4, 0.5) is 0 Å². The maximum Gasteiger partial charge on any atom is 0.182 e. The maximum atomic E-state index is 12.3. The zero-order valence-corrected chi connectivity index (χ0v) is 19.3. The third kappa shape index (κ3) is 4.35. The van der Waals surface area contributed by atoms with Crippen LogP contribution >= 0.6 is 22.9 Å². The molecule has 2 aromatic carbocycles. The summed E-state index contributed by atoms with van der Waals surface area (Å²) in [7, 11) is -3.30. The summed E-state index contributed by atoms with van der Waals surface area (Å²) in [6.45, 7) is 1.80. The van der Waals surface area contributed by atoms with Crippen LogP contribution < -0.4 is 0 Å². The fourth-order valence-electron chi connectivity index (χ4n) is 3.19. The van der Waals surface area contributed by atoms with Crippen molar-refractivity contribution in [3.63, 3.8) is 0 Å². The summed E-state index contributed by atoms with van der Waals surface area (Å²) in [5.41, 5.74) is 2.63. The normalized spacial score (nSPS) is 11.6. The van der Waals surface area contributed by atoms with Gasteiger partial charge in [-0.1, -0.05) is 42.8 Å². The molecule has 4 aromatic rings. The molecule has 0 aliphatic carbocycles. The van der Waals surface area contributed by atoms with E-state index in [9.17, 15) is 13.2 Å². The molecule has 2 aromatic heterocycles. The van der Waals surface area contributed by atoms with Gasteiger partial charge in [0.15, 0.2) is 15.6 Å². The van der Waals surface area contributed by atoms with Gasteiger partial charge >= 0.3 is 0 Å². The third-order valence-electron chi connectivity index (χ3n) is 4.80. The Bertz CT molecular complexity index is 1390. The van der Waals surface area contributed by atoms with Gasteiger partial charge in [0.05, 0.1) is 26.2 Å². The van der Waals surface area contributed by atoms with E-state index in [1.165, 1.54) is 17.6 Å². The highest BCUT2D eigenvalue weighted by Gasteiger charge is 2.19. The molecule has 31 heavy (non-hydrogen) atoms. The highest BCUT2D eigenvalue weighted by Crippen LogP contribution is 2.37. The molecular weight excluding hydrogens is 452 g/mol. The minimum Gasteiger partial charge on any atom is -0.292 e. The number of para-hydroxylation sites is 1. The van der Waals surface area contributed by atoms with Gasteiger partial charge in [-0.25, -0.2) is 13.1 Å².